The van der Waals surface area contributed by atoms with Crippen molar-refractivity contribution in [3.8, 4) is 0 Å². The molecular formula is C3H5Cl3N2O3S2. The molecule has 0 aromatic rings. The zero-order valence-corrected chi connectivity index (χ0v) is 9.90. The highest BCUT2D eigenvalue weighted by Gasteiger charge is 2.24. The van der Waals surface area contributed by atoms with E-state index in [-0.39, 0.29) is 0 Å². The highest BCUT2D eigenvalue weighted by atomic mass is 35.6. The molecule has 0 heterocycles. The summed E-state index contributed by atoms with van der Waals surface area (Å²) in [6, 6.07) is 0. The first kappa shape index (κ1) is 13.6. The molecule has 0 atom stereocenters. The first-order valence-electron chi connectivity index (χ1n) is 2.64. The molecule has 0 saturated heterocycles. The predicted molar refractivity (Wildman–Crippen MR) is 55.0 cm³/mol. The summed E-state index contributed by atoms with van der Waals surface area (Å²) in [6.07, 6.45) is 0. The van der Waals surface area contributed by atoms with Gasteiger partial charge in [0.2, 0.25) is 3.79 Å². The third kappa shape index (κ3) is 8.92. The van der Waals surface area contributed by atoms with Crippen molar-refractivity contribution in [2.45, 2.75) is 3.79 Å². The minimum absolute atomic E-state index is 0.593. The van der Waals surface area contributed by atoms with Crippen LogP contribution in [0.3, 0.4) is 0 Å². The highest BCUT2D eigenvalue weighted by Crippen LogP contribution is 2.26. The lowest BCUT2D eigenvalue weighted by atomic mass is 10.9. The second-order valence-electron chi connectivity index (χ2n) is 1.78. The molecule has 0 aromatic heterocycles. The maximum atomic E-state index is 10.8. The maximum Gasteiger partial charge on any atom is 0.361 e. The van der Waals surface area contributed by atoms with Crippen LogP contribution in [0.5, 0.6) is 0 Å². The standard InChI is InChI=1S/C3H5Cl3N2O3S2/c4-3(5,6)1-11-13(9,10)8-2(7)12/h1H2,(H3,7,8,12). The molecule has 0 aliphatic rings. The van der Waals surface area contributed by atoms with Crippen molar-refractivity contribution in [2.75, 3.05) is 6.61 Å². The van der Waals surface area contributed by atoms with E-state index in [1.165, 1.54) is 0 Å². The molecule has 5 nitrogen and oxygen atoms in total. The van der Waals surface area contributed by atoms with Gasteiger partial charge in [-0.3, -0.25) is 5.41 Å². The van der Waals surface area contributed by atoms with Crippen molar-refractivity contribution in [3.05, 3.63) is 0 Å². The summed E-state index contributed by atoms with van der Waals surface area (Å²) < 4.78 is 25.5. The van der Waals surface area contributed by atoms with Crippen molar-refractivity contribution < 1.29 is 12.6 Å². The summed E-state index contributed by atoms with van der Waals surface area (Å²) in [5.74, 6) is 0. The van der Waals surface area contributed by atoms with Gasteiger partial charge in [0.15, 0.2) is 5.17 Å². The molecule has 10 heteroatoms. The summed E-state index contributed by atoms with van der Waals surface area (Å²) in [6.45, 7) is -0.645. The number of halogens is 3. The Morgan fingerprint density at radius 3 is 2.31 bits per heavy atom. The summed E-state index contributed by atoms with van der Waals surface area (Å²) >= 11 is 19.0. The number of thiol groups is 1. The molecule has 0 rings (SSSR count). The minimum Gasteiger partial charge on any atom is -0.278 e. The van der Waals surface area contributed by atoms with E-state index in [0.717, 1.165) is 0 Å². The van der Waals surface area contributed by atoms with Gasteiger partial charge in [-0.2, -0.15) is 8.42 Å². The van der Waals surface area contributed by atoms with Crippen LogP contribution in [0, 0.1) is 5.41 Å². The maximum absolute atomic E-state index is 10.8. The number of alkyl halides is 3. The van der Waals surface area contributed by atoms with Gasteiger partial charge in [0.1, 0.15) is 6.61 Å². The largest absolute Gasteiger partial charge is 0.361 e. The quantitative estimate of drug-likeness (QED) is 0.314. The molecule has 0 aliphatic heterocycles. The van der Waals surface area contributed by atoms with Crippen LogP contribution in [-0.4, -0.2) is 24.0 Å². The fourth-order valence-electron chi connectivity index (χ4n) is 0.292. The first-order chi connectivity index (χ1) is 5.62. The van der Waals surface area contributed by atoms with E-state index in [2.05, 4.69) is 16.8 Å². The van der Waals surface area contributed by atoms with Crippen LogP contribution in [0.4, 0.5) is 0 Å². The van der Waals surface area contributed by atoms with Crippen LogP contribution in [-0.2, 0) is 14.5 Å². The lowest BCUT2D eigenvalue weighted by Crippen LogP contribution is -2.31. The molecule has 0 aromatic carbocycles. The van der Waals surface area contributed by atoms with E-state index in [0.29, 0.717) is 0 Å². The van der Waals surface area contributed by atoms with Crippen LogP contribution in [0.25, 0.3) is 0 Å². The van der Waals surface area contributed by atoms with E-state index < -0.39 is 25.9 Å². The van der Waals surface area contributed by atoms with Crippen LogP contribution >= 0.6 is 47.4 Å². The van der Waals surface area contributed by atoms with E-state index in [1.54, 1.807) is 4.72 Å². The average Bonchev–Trinajstić information content (AvgIpc) is 1.79. The van der Waals surface area contributed by atoms with Gasteiger partial charge in [0, 0.05) is 0 Å². The summed E-state index contributed by atoms with van der Waals surface area (Å²) in [5.41, 5.74) is 0. The fraction of sp³-hybridized carbons (Fsp3) is 0.667. The molecule has 2 N–H and O–H groups in total. The SMILES string of the molecule is N=C(S)NS(=O)(=O)OCC(Cl)(Cl)Cl. The Morgan fingerprint density at radius 2 is 2.00 bits per heavy atom. The lowest BCUT2D eigenvalue weighted by molar-refractivity contribution is 0.323. The van der Waals surface area contributed by atoms with Crippen molar-refractivity contribution in [2.24, 2.45) is 0 Å². The summed E-state index contributed by atoms with van der Waals surface area (Å²) in [5, 5.41) is 6.09. The van der Waals surface area contributed by atoms with Gasteiger partial charge in [-0.25, -0.2) is 8.91 Å². The molecule has 0 bridgehead atoms. The van der Waals surface area contributed by atoms with Crippen LogP contribution in [0.1, 0.15) is 0 Å². The second kappa shape index (κ2) is 4.90. The van der Waals surface area contributed by atoms with Crippen molar-refractivity contribution in [3.63, 3.8) is 0 Å². The van der Waals surface area contributed by atoms with Crippen molar-refractivity contribution in [1.82, 2.24) is 4.72 Å². The zero-order valence-electron chi connectivity index (χ0n) is 5.92. The molecule has 0 spiro atoms. The topological polar surface area (TPSA) is 79.3 Å². The molecule has 0 aliphatic carbocycles. The monoisotopic (exact) mass is 286 g/mol. The Balaban J connectivity index is 4.13. The normalized spacial score (nSPS) is 12.6. The van der Waals surface area contributed by atoms with E-state index in [1.807, 2.05) is 0 Å². The number of hydrogen-bond acceptors (Lipinski definition) is 4. The van der Waals surface area contributed by atoms with Crippen molar-refractivity contribution >= 4 is 62.9 Å². The lowest BCUT2D eigenvalue weighted by Gasteiger charge is -2.11. The Morgan fingerprint density at radius 1 is 1.54 bits per heavy atom. The third-order valence-electron chi connectivity index (χ3n) is 0.599. The Kier molecular flexibility index (Phi) is 5.13. The summed E-state index contributed by atoms with van der Waals surface area (Å²) in [7, 11) is -4.12. The van der Waals surface area contributed by atoms with E-state index in [4.69, 9.17) is 40.2 Å². The predicted octanol–water partition coefficient (Wildman–Crippen LogP) is 1.07. The molecule has 78 valence electrons. The van der Waals surface area contributed by atoms with Gasteiger partial charge in [-0.15, -0.1) is 12.6 Å². The number of nitrogens with one attached hydrogen (secondary N) is 2. The Hall–Kier alpha value is 0.600. The molecular weight excluding hydrogens is 283 g/mol. The van der Waals surface area contributed by atoms with Gasteiger partial charge in [-0.1, -0.05) is 34.8 Å². The van der Waals surface area contributed by atoms with Crippen LogP contribution < -0.4 is 4.72 Å². The number of hydrogen-bond donors (Lipinski definition) is 3. The summed E-state index contributed by atoms with van der Waals surface area (Å²) in [4.78, 5) is 0. The molecule has 13 heavy (non-hydrogen) atoms. The van der Waals surface area contributed by atoms with Crippen molar-refractivity contribution in [1.29, 1.82) is 5.41 Å². The molecule has 0 amide bonds. The van der Waals surface area contributed by atoms with Gasteiger partial charge >= 0.3 is 10.3 Å². The Labute approximate surface area is 95.9 Å². The Bertz CT molecular complexity index is 285. The van der Waals surface area contributed by atoms with Gasteiger partial charge in [-0.05, 0) is 0 Å². The molecule has 0 saturated carbocycles. The number of rotatable bonds is 3. The number of amidine groups is 1. The minimum atomic E-state index is -4.12. The van der Waals surface area contributed by atoms with Gasteiger partial charge in [0.05, 0.1) is 0 Å². The van der Waals surface area contributed by atoms with Crippen LogP contribution in [0.2, 0.25) is 0 Å². The smallest absolute Gasteiger partial charge is 0.278 e. The van der Waals surface area contributed by atoms with E-state index >= 15 is 0 Å². The first-order valence-corrected chi connectivity index (χ1v) is 5.63. The average molecular weight is 288 g/mol. The molecule has 0 unspecified atom stereocenters. The second-order valence-corrected chi connectivity index (χ2v) is 6.09. The fourth-order valence-corrected chi connectivity index (χ4v) is 1.61. The van der Waals surface area contributed by atoms with Gasteiger partial charge < -0.3 is 0 Å². The highest BCUT2D eigenvalue weighted by molar-refractivity contribution is 7.99. The van der Waals surface area contributed by atoms with Gasteiger partial charge in [0.25, 0.3) is 0 Å². The zero-order chi connectivity index (χ0) is 10.7. The molecule has 0 fully saturated rings. The van der Waals surface area contributed by atoms with Crippen LogP contribution in [0.15, 0.2) is 0 Å². The molecule has 0 radical (unpaired) electrons. The third-order valence-corrected chi connectivity index (χ3v) is 2.07. The van der Waals surface area contributed by atoms with E-state index in [9.17, 15) is 8.42 Å².